The van der Waals surface area contributed by atoms with Gasteiger partial charge in [-0.1, -0.05) is 79.7 Å². The van der Waals surface area contributed by atoms with Crippen LogP contribution in [-0.2, 0) is 13.1 Å². The minimum Gasteiger partial charge on any atom is -0.345 e. The Morgan fingerprint density at radius 1 is 0.767 bits per heavy atom. The summed E-state index contributed by atoms with van der Waals surface area (Å²) in [7, 11) is 0. The van der Waals surface area contributed by atoms with Crippen molar-refractivity contribution in [2.75, 3.05) is 26.2 Å². The summed E-state index contributed by atoms with van der Waals surface area (Å²) in [4.78, 5) is 37.7. The van der Waals surface area contributed by atoms with Crippen LogP contribution in [0.4, 0.5) is 0 Å². The predicted molar refractivity (Wildman–Crippen MR) is 171 cm³/mol. The maximum atomic E-state index is 14.4. The van der Waals surface area contributed by atoms with Crippen LogP contribution < -0.4 is 10.9 Å². The van der Waals surface area contributed by atoms with Gasteiger partial charge in [0.1, 0.15) is 0 Å². The van der Waals surface area contributed by atoms with Gasteiger partial charge in [0, 0.05) is 61.9 Å². The van der Waals surface area contributed by atoms with Gasteiger partial charge in [-0.2, -0.15) is 0 Å². The van der Waals surface area contributed by atoms with Gasteiger partial charge >= 0.3 is 0 Å². The van der Waals surface area contributed by atoms with Crippen molar-refractivity contribution < 1.29 is 4.79 Å². The van der Waals surface area contributed by atoms with Crippen molar-refractivity contribution in [2.45, 2.75) is 32.5 Å². The molecular weight excluding hydrogens is 534 g/mol. The van der Waals surface area contributed by atoms with E-state index in [2.05, 4.69) is 33.1 Å². The molecule has 1 N–H and O–H groups in total. The monoisotopic (exact) mass is 571 g/mol. The lowest BCUT2D eigenvalue weighted by Gasteiger charge is -2.35. The molecule has 7 nitrogen and oxygen atoms in total. The van der Waals surface area contributed by atoms with E-state index in [9.17, 15) is 9.59 Å². The number of benzene rings is 3. The van der Waals surface area contributed by atoms with Gasteiger partial charge in [-0.3, -0.25) is 28.9 Å². The number of nitrogens with zero attached hydrogens (tertiary/aromatic N) is 4. The molecule has 43 heavy (non-hydrogen) atoms. The molecule has 0 aliphatic carbocycles. The molecule has 5 aromatic rings. The van der Waals surface area contributed by atoms with Gasteiger partial charge < -0.3 is 5.32 Å². The summed E-state index contributed by atoms with van der Waals surface area (Å²) in [6, 6.07) is 33.1. The van der Waals surface area contributed by atoms with Gasteiger partial charge in [0.05, 0.1) is 23.0 Å². The quantitative estimate of drug-likeness (QED) is 0.250. The van der Waals surface area contributed by atoms with E-state index >= 15 is 0 Å². The van der Waals surface area contributed by atoms with E-state index in [1.165, 1.54) is 0 Å². The standard InChI is InChI=1S/C36H37N5O2/c1-2-32(27-13-5-3-6-14-27)38-35(42)34-30-18-9-10-19-31(30)36(43)41(29-16-7-4-8-17-29)33(34)26-40-23-21-39(22-24-40)25-28-15-11-12-20-37-28/h3-20,32H,2,21-26H2,1H3,(H,38,42)/t32-/m0/s1. The Kier molecular flexibility index (Phi) is 8.72. The Morgan fingerprint density at radius 3 is 2.02 bits per heavy atom. The average Bonchev–Trinajstić information content (AvgIpc) is 3.06. The Balaban J connectivity index is 1.39. The van der Waals surface area contributed by atoms with Crippen molar-refractivity contribution in [1.82, 2.24) is 24.7 Å². The van der Waals surface area contributed by atoms with Crippen molar-refractivity contribution in [3.8, 4) is 5.69 Å². The van der Waals surface area contributed by atoms with Crippen LogP contribution in [0, 0.1) is 0 Å². The fourth-order valence-corrected chi connectivity index (χ4v) is 6.03. The molecule has 3 aromatic carbocycles. The number of amides is 1. The topological polar surface area (TPSA) is 70.5 Å². The van der Waals surface area contributed by atoms with Crippen LogP contribution in [-0.4, -0.2) is 51.4 Å². The number of piperazine rings is 1. The van der Waals surface area contributed by atoms with Gasteiger partial charge in [-0.05, 0) is 42.3 Å². The van der Waals surface area contributed by atoms with Crippen LogP contribution >= 0.6 is 0 Å². The Bertz CT molecular complexity index is 1730. The molecule has 7 heteroatoms. The average molecular weight is 572 g/mol. The minimum atomic E-state index is -0.166. The maximum absolute atomic E-state index is 14.4. The van der Waals surface area contributed by atoms with Crippen molar-refractivity contribution in [3.63, 3.8) is 0 Å². The molecule has 1 amide bonds. The molecule has 6 rings (SSSR count). The summed E-state index contributed by atoms with van der Waals surface area (Å²) >= 11 is 0. The molecule has 1 aliphatic rings. The van der Waals surface area contributed by atoms with Crippen molar-refractivity contribution in [1.29, 1.82) is 0 Å². The molecule has 0 saturated carbocycles. The fraction of sp³-hybridized carbons (Fsp3) is 0.250. The smallest absolute Gasteiger partial charge is 0.263 e. The summed E-state index contributed by atoms with van der Waals surface area (Å²) in [5.74, 6) is -0.166. The van der Waals surface area contributed by atoms with Crippen LogP contribution in [0.3, 0.4) is 0 Å². The summed E-state index contributed by atoms with van der Waals surface area (Å²) < 4.78 is 1.75. The third-order valence-corrected chi connectivity index (χ3v) is 8.30. The van der Waals surface area contributed by atoms with Crippen LogP contribution in [0.2, 0.25) is 0 Å². The zero-order valence-electron chi connectivity index (χ0n) is 24.5. The van der Waals surface area contributed by atoms with Gasteiger partial charge in [-0.25, -0.2) is 0 Å². The second-order valence-electron chi connectivity index (χ2n) is 11.1. The normalized spacial score (nSPS) is 14.9. The number of nitrogens with one attached hydrogen (secondary N) is 1. The minimum absolute atomic E-state index is 0.114. The highest BCUT2D eigenvalue weighted by atomic mass is 16.2. The fourth-order valence-electron chi connectivity index (χ4n) is 6.03. The Hall–Kier alpha value is -4.59. The molecule has 1 saturated heterocycles. The number of carbonyl (C=O) groups excluding carboxylic acids is 1. The largest absolute Gasteiger partial charge is 0.345 e. The van der Waals surface area contributed by atoms with E-state index in [-0.39, 0.29) is 17.5 Å². The van der Waals surface area contributed by atoms with E-state index in [0.29, 0.717) is 28.6 Å². The second-order valence-corrected chi connectivity index (χ2v) is 11.1. The molecule has 1 fully saturated rings. The Labute approximate surface area is 252 Å². The first-order valence-corrected chi connectivity index (χ1v) is 15.0. The molecule has 0 spiro atoms. The predicted octanol–water partition coefficient (Wildman–Crippen LogP) is 5.58. The lowest BCUT2D eigenvalue weighted by atomic mass is 9.99. The van der Waals surface area contributed by atoms with Crippen molar-refractivity contribution >= 4 is 16.7 Å². The number of carbonyl (C=O) groups is 1. The highest BCUT2D eigenvalue weighted by molar-refractivity contribution is 6.08. The first-order chi connectivity index (χ1) is 21.1. The zero-order chi connectivity index (χ0) is 29.6. The third kappa shape index (κ3) is 6.28. The number of aromatic nitrogens is 2. The van der Waals surface area contributed by atoms with Crippen LogP contribution in [0.1, 0.15) is 46.7 Å². The van der Waals surface area contributed by atoms with Gasteiger partial charge in [0.15, 0.2) is 0 Å². The number of rotatable bonds is 9. The van der Waals surface area contributed by atoms with Crippen molar-refractivity contribution in [3.05, 3.63) is 142 Å². The molecule has 1 aliphatic heterocycles. The van der Waals surface area contributed by atoms with Crippen molar-refractivity contribution in [2.24, 2.45) is 0 Å². The van der Waals surface area contributed by atoms with Crippen LogP contribution in [0.5, 0.6) is 0 Å². The number of para-hydroxylation sites is 1. The molecule has 0 radical (unpaired) electrons. The summed E-state index contributed by atoms with van der Waals surface area (Å²) in [5.41, 5.74) is 4.04. The number of fused-ring (bicyclic) bond motifs is 1. The van der Waals surface area contributed by atoms with Crippen LogP contribution in [0.15, 0.2) is 114 Å². The Morgan fingerprint density at radius 2 is 1.37 bits per heavy atom. The van der Waals surface area contributed by atoms with E-state index < -0.39 is 0 Å². The second kappa shape index (κ2) is 13.2. The number of hydrogen-bond acceptors (Lipinski definition) is 5. The first kappa shape index (κ1) is 28.5. The lowest BCUT2D eigenvalue weighted by Crippen LogP contribution is -2.46. The molecule has 0 unspecified atom stereocenters. The third-order valence-electron chi connectivity index (χ3n) is 8.30. The summed E-state index contributed by atoms with van der Waals surface area (Å²) in [5, 5.41) is 4.53. The van der Waals surface area contributed by atoms with Gasteiger partial charge in [0.25, 0.3) is 11.5 Å². The summed E-state index contributed by atoms with van der Waals surface area (Å²) in [6.07, 6.45) is 2.58. The molecule has 3 heterocycles. The molecule has 0 bridgehead atoms. The molecule has 1 atom stereocenters. The number of hydrogen-bond donors (Lipinski definition) is 1. The molecule has 2 aromatic heterocycles. The lowest BCUT2D eigenvalue weighted by molar-refractivity contribution is 0.0929. The highest BCUT2D eigenvalue weighted by Crippen LogP contribution is 2.26. The summed E-state index contributed by atoms with van der Waals surface area (Å²) in [6.45, 7) is 6.78. The number of pyridine rings is 2. The van der Waals surface area contributed by atoms with Gasteiger partial charge in [0.2, 0.25) is 0 Å². The SMILES string of the molecule is CC[C@H](NC(=O)c1c(CN2CCN(Cc3ccccn3)CC2)n(-c2ccccc2)c(=O)c2ccccc12)c1ccccc1. The van der Waals surface area contributed by atoms with E-state index in [1.807, 2.05) is 103 Å². The molecular formula is C36H37N5O2. The van der Waals surface area contributed by atoms with Gasteiger partial charge in [-0.15, -0.1) is 0 Å². The zero-order valence-corrected chi connectivity index (χ0v) is 24.5. The first-order valence-electron chi connectivity index (χ1n) is 15.0. The molecule has 218 valence electrons. The van der Waals surface area contributed by atoms with Crippen LogP contribution in [0.25, 0.3) is 16.5 Å². The van der Waals surface area contributed by atoms with E-state index in [4.69, 9.17) is 0 Å². The highest BCUT2D eigenvalue weighted by Gasteiger charge is 2.27. The van der Waals surface area contributed by atoms with E-state index in [1.54, 1.807) is 4.57 Å². The maximum Gasteiger partial charge on any atom is 0.263 e. The van der Waals surface area contributed by atoms with E-state index in [0.717, 1.165) is 56.1 Å².